The Labute approximate surface area is 111 Å². The summed E-state index contributed by atoms with van der Waals surface area (Å²) < 4.78 is 0. The van der Waals surface area contributed by atoms with E-state index in [0.717, 1.165) is 28.2 Å². The van der Waals surface area contributed by atoms with Crippen LogP contribution in [0.15, 0.2) is 42.7 Å². The minimum Gasteiger partial charge on any atom is -0.340 e. The minimum atomic E-state index is 0.732. The Bertz CT molecular complexity index is 720. The highest BCUT2D eigenvalue weighted by Gasteiger charge is 2.05. The van der Waals surface area contributed by atoms with Crippen molar-refractivity contribution in [1.82, 2.24) is 15.0 Å². The molecule has 0 aliphatic heterocycles. The monoisotopic (exact) mass is 250 g/mol. The Kier molecular flexibility index (Phi) is 2.83. The van der Waals surface area contributed by atoms with Crippen LogP contribution >= 0.6 is 0 Å². The quantitative estimate of drug-likeness (QED) is 0.757. The number of aromatic nitrogens is 3. The van der Waals surface area contributed by atoms with Crippen molar-refractivity contribution in [2.45, 2.75) is 13.8 Å². The topological polar surface area (TPSA) is 50.7 Å². The average molecular weight is 250 g/mol. The molecule has 2 aromatic heterocycles. The number of nitrogens with one attached hydrogen (secondary N) is 1. The Morgan fingerprint density at radius 2 is 1.74 bits per heavy atom. The number of hydrogen-bond acceptors (Lipinski definition) is 4. The zero-order valence-electron chi connectivity index (χ0n) is 10.9. The largest absolute Gasteiger partial charge is 0.340 e. The number of rotatable bonds is 2. The summed E-state index contributed by atoms with van der Waals surface area (Å²) >= 11 is 0. The SMILES string of the molecule is Cc1ccc(Nc2nc(C)nc3cnccc23)cc1. The fourth-order valence-corrected chi connectivity index (χ4v) is 1.97. The van der Waals surface area contributed by atoms with Gasteiger partial charge in [0.05, 0.1) is 11.7 Å². The van der Waals surface area contributed by atoms with E-state index in [-0.39, 0.29) is 0 Å². The van der Waals surface area contributed by atoms with Gasteiger partial charge in [0.1, 0.15) is 11.6 Å². The molecule has 94 valence electrons. The molecule has 0 aliphatic carbocycles. The van der Waals surface area contributed by atoms with Gasteiger partial charge in [-0.15, -0.1) is 0 Å². The Hall–Kier alpha value is -2.49. The highest BCUT2D eigenvalue weighted by Crippen LogP contribution is 2.23. The van der Waals surface area contributed by atoms with Gasteiger partial charge in [-0.05, 0) is 32.0 Å². The van der Waals surface area contributed by atoms with Gasteiger partial charge in [0, 0.05) is 17.3 Å². The Morgan fingerprint density at radius 3 is 2.53 bits per heavy atom. The first kappa shape index (κ1) is 11.6. The first-order valence-corrected chi connectivity index (χ1v) is 6.14. The van der Waals surface area contributed by atoms with Gasteiger partial charge in [-0.2, -0.15) is 0 Å². The number of fused-ring (bicyclic) bond motifs is 1. The van der Waals surface area contributed by atoms with Gasteiger partial charge < -0.3 is 5.32 Å². The van der Waals surface area contributed by atoms with Crippen molar-refractivity contribution in [2.75, 3.05) is 5.32 Å². The van der Waals surface area contributed by atoms with Crippen LogP contribution in [0.4, 0.5) is 11.5 Å². The first-order valence-electron chi connectivity index (χ1n) is 6.14. The summed E-state index contributed by atoms with van der Waals surface area (Å²) in [6.45, 7) is 3.95. The molecule has 0 bridgehead atoms. The van der Waals surface area contributed by atoms with Crippen molar-refractivity contribution in [3.63, 3.8) is 0 Å². The molecule has 0 saturated heterocycles. The average Bonchev–Trinajstić information content (AvgIpc) is 2.41. The van der Waals surface area contributed by atoms with E-state index in [2.05, 4.69) is 39.3 Å². The predicted octanol–water partition coefficient (Wildman–Crippen LogP) is 3.39. The number of nitrogens with zero attached hydrogens (tertiary/aromatic N) is 3. The zero-order valence-corrected chi connectivity index (χ0v) is 10.9. The molecule has 0 spiro atoms. The van der Waals surface area contributed by atoms with E-state index in [1.54, 1.807) is 12.4 Å². The highest BCUT2D eigenvalue weighted by atomic mass is 15.0. The van der Waals surface area contributed by atoms with E-state index in [9.17, 15) is 0 Å². The molecule has 3 rings (SSSR count). The summed E-state index contributed by atoms with van der Waals surface area (Å²) in [5.74, 6) is 1.55. The molecular weight excluding hydrogens is 236 g/mol. The molecule has 0 atom stereocenters. The lowest BCUT2D eigenvalue weighted by Crippen LogP contribution is -1.99. The molecule has 1 aromatic carbocycles. The van der Waals surface area contributed by atoms with Gasteiger partial charge in [-0.3, -0.25) is 4.98 Å². The Morgan fingerprint density at radius 1 is 0.947 bits per heavy atom. The van der Waals surface area contributed by atoms with Crippen LogP contribution in [0.5, 0.6) is 0 Å². The third-order valence-corrected chi connectivity index (χ3v) is 2.93. The molecular formula is C15H14N4. The van der Waals surface area contributed by atoms with E-state index >= 15 is 0 Å². The second kappa shape index (κ2) is 4.65. The maximum absolute atomic E-state index is 4.47. The first-order chi connectivity index (χ1) is 9.22. The van der Waals surface area contributed by atoms with Crippen LogP contribution in [0.1, 0.15) is 11.4 Å². The Balaban J connectivity index is 2.07. The molecule has 0 saturated carbocycles. The fourth-order valence-electron chi connectivity index (χ4n) is 1.97. The molecule has 19 heavy (non-hydrogen) atoms. The lowest BCUT2D eigenvalue weighted by Gasteiger charge is -2.09. The summed E-state index contributed by atoms with van der Waals surface area (Å²) in [5.41, 5.74) is 3.10. The molecule has 0 amide bonds. The van der Waals surface area contributed by atoms with Crippen molar-refractivity contribution in [1.29, 1.82) is 0 Å². The maximum Gasteiger partial charge on any atom is 0.142 e. The molecule has 2 heterocycles. The van der Waals surface area contributed by atoms with E-state index in [4.69, 9.17) is 0 Å². The van der Waals surface area contributed by atoms with Crippen molar-refractivity contribution < 1.29 is 0 Å². The van der Waals surface area contributed by atoms with E-state index in [1.165, 1.54) is 5.56 Å². The van der Waals surface area contributed by atoms with Crippen LogP contribution in [0.2, 0.25) is 0 Å². The van der Waals surface area contributed by atoms with Gasteiger partial charge in [0.2, 0.25) is 0 Å². The number of pyridine rings is 1. The molecule has 3 aromatic rings. The van der Waals surface area contributed by atoms with Crippen LogP contribution in [-0.2, 0) is 0 Å². The van der Waals surface area contributed by atoms with Crippen LogP contribution in [0.3, 0.4) is 0 Å². The van der Waals surface area contributed by atoms with Gasteiger partial charge in [-0.25, -0.2) is 9.97 Å². The summed E-state index contributed by atoms with van der Waals surface area (Å²) in [7, 11) is 0. The third-order valence-electron chi connectivity index (χ3n) is 2.93. The van der Waals surface area contributed by atoms with E-state index in [1.807, 2.05) is 25.1 Å². The molecule has 0 aliphatic rings. The summed E-state index contributed by atoms with van der Waals surface area (Å²) in [4.78, 5) is 12.9. The molecule has 0 unspecified atom stereocenters. The zero-order chi connectivity index (χ0) is 13.2. The number of benzene rings is 1. The van der Waals surface area contributed by atoms with E-state index in [0.29, 0.717) is 0 Å². The van der Waals surface area contributed by atoms with Gasteiger partial charge in [-0.1, -0.05) is 17.7 Å². The summed E-state index contributed by atoms with van der Waals surface area (Å²) in [6, 6.07) is 10.1. The number of aryl methyl sites for hydroxylation is 2. The minimum absolute atomic E-state index is 0.732. The lowest BCUT2D eigenvalue weighted by atomic mass is 10.2. The second-order valence-electron chi connectivity index (χ2n) is 4.50. The van der Waals surface area contributed by atoms with Gasteiger partial charge in [0.15, 0.2) is 0 Å². The van der Waals surface area contributed by atoms with Crippen molar-refractivity contribution in [3.8, 4) is 0 Å². The number of anilines is 2. The normalized spacial score (nSPS) is 10.6. The molecule has 4 heteroatoms. The van der Waals surface area contributed by atoms with Crippen LogP contribution in [0, 0.1) is 13.8 Å². The van der Waals surface area contributed by atoms with Crippen LogP contribution in [0.25, 0.3) is 10.9 Å². The fraction of sp³-hybridized carbons (Fsp3) is 0.133. The smallest absolute Gasteiger partial charge is 0.142 e. The van der Waals surface area contributed by atoms with E-state index < -0.39 is 0 Å². The maximum atomic E-state index is 4.47. The summed E-state index contributed by atoms with van der Waals surface area (Å²) in [6.07, 6.45) is 3.51. The molecule has 0 fully saturated rings. The predicted molar refractivity (Wildman–Crippen MR) is 76.5 cm³/mol. The van der Waals surface area contributed by atoms with Crippen molar-refractivity contribution in [2.24, 2.45) is 0 Å². The molecule has 1 N–H and O–H groups in total. The molecule has 4 nitrogen and oxygen atoms in total. The number of hydrogen-bond donors (Lipinski definition) is 1. The standard InChI is InChI=1S/C15H14N4/c1-10-3-5-12(6-4-10)19-15-13-7-8-16-9-14(13)17-11(2)18-15/h3-9H,1-2H3,(H,17,18,19). The molecule has 0 radical (unpaired) electrons. The van der Waals surface area contributed by atoms with Crippen LogP contribution in [-0.4, -0.2) is 15.0 Å². The van der Waals surface area contributed by atoms with Crippen LogP contribution < -0.4 is 5.32 Å². The second-order valence-corrected chi connectivity index (χ2v) is 4.50. The van der Waals surface area contributed by atoms with Gasteiger partial charge in [0.25, 0.3) is 0 Å². The third kappa shape index (κ3) is 2.38. The van der Waals surface area contributed by atoms with Gasteiger partial charge >= 0.3 is 0 Å². The lowest BCUT2D eigenvalue weighted by molar-refractivity contribution is 1.09. The highest BCUT2D eigenvalue weighted by molar-refractivity contribution is 5.90. The van der Waals surface area contributed by atoms with Crippen molar-refractivity contribution in [3.05, 3.63) is 54.1 Å². The van der Waals surface area contributed by atoms with Crippen molar-refractivity contribution >= 4 is 22.4 Å². The summed E-state index contributed by atoms with van der Waals surface area (Å²) in [5, 5.41) is 4.31.